The third-order valence-electron chi connectivity index (χ3n) is 7.19. The van der Waals surface area contributed by atoms with Crippen molar-refractivity contribution in [3.05, 3.63) is 101 Å². The Bertz CT molecular complexity index is 1220. The van der Waals surface area contributed by atoms with Gasteiger partial charge in [-0.15, -0.1) is 0 Å². The van der Waals surface area contributed by atoms with Crippen molar-refractivity contribution in [2.45, 2.75) is 33.4 Å². The lowest BCUT2D eigenvalue weighted by molar-refractivity contribution is -0.114. The van der Waals surface area contributed by atoms with Crippen molar-refractivity contribution >= 4 is 17.5 Å². The van der Waals surface area contributed by atoms with Crippen molar-refractivity contribution in [1.82, 2.24) is 14.7 Å². The van der Waals surface area contributed by atoms with Gasteiger partial charge in [-0.2, -0.15) is 0 Å². The Morgan fingerprint density at radius 1 is 0.868 bits per heavy atom. The molecule has 6 nitrogen and oxygen atoms in total. The summed E-state index contributed by atoms with van der Waals surface area (Å²) in [6.07, 6.45) is 0. The molecule has 0 spiro atoms. The molecule has 7 heteroatoms. The minimum atomic E-state index is -0.161. The molecule has 1 saturated heterocycles. The van der Waals surface area contributed by atoms with Crippen LogP contribution in [-0.4, -0.2) is 65.8 Å². The topological polar surface area (TPSA) is 55.9 Å². The van der Waals surface area contributed by atoms with Gasteiger partial charge in [0.1, 0.15) is 5.82 Å². The number of nitrogens with one attached hydrogen (secondary N) is 1. The molecule has 200 valence electrons. The van der Waals surface area contributed by atoms with Crippen molar-refractivity contribution in [1.29, 1.82) is 0 Å². The second kappa shape index (κ2) is 12.8. The van der Waals surface area contributed by atoms with Crippen LogP contribution in [0.1, 0.15) is 53.9 Å². The summed E-state index contributed by atoms with van der Waals surface area (Å²) in [5.41, 5.74) is 4.39. The van der Waals surface area contributed by atoms with Gasteiger partial charge in [-0.1, -0.05) is 42.5 Å². The number of carbonyl (C=O) groups is 2. The molecule has 0 aromatic heterocycles. The lowest BCUT2D eigenvalue weighted by Crippen LogP contribution is -2.47. The summed E-state index contributed by atoms with van der Waals surface area (Å²) in [5, 5.41) is 2.83. The number of hydrogen-bond donors (Lipinski definition) is 1. The van der Waals surface area contributed by atoms with E-state index in [-0.39, 0.29) is 23.7 Å². The summed E-state index contributed by atoms with van der Waals surface area (Å²) in [7, 11) is 0. The SMILES string of the molecule is CCN(CC)C(=O)c1ccc([C@@H](c2ccc(NC(C)=O)cc2)N2CCN(Cc3ccccc3F)CC2)cc1. The number of rotatable bonds is 9. The van der Waals surface area contributed by atoms with Crippen LogP contribution in [0.25, 0.3) is 0 Å². The van der Waals surface area contributed by atoms with Crippen LogP contribution in [0.5, 0.6) is 0 Å². The smallest absolute Gasteiger partial charge is 0.253 e. The highest BCUT2D eigenvalue weighted by Crippen LogP contribution is 2.31. The molecule has 3 aromatic carbocycles. The van der Waals surface area contributed by atoms with E-state index in [1.165, 1.54) is 13.0 Å². The van der Waals surface area contributed by atoms with Gasteiger partial charge in [0.15, 0.2) is 0 Å². The Morgan fingerprint density at radius 3 is 2.00 bits per heavy atom. The summed E-state index contributed by atoms with van der Waals surface area (Å²) < 4.78 is 14.2. The Hall–Kier alpha value is -3.55. The van der Waals surface area contributed by atoms with Crippen LogP contribution in [0, 0.1) is 5.82 Å². The molecule has 1 aliphatic heterocycles. The molecule has 1 aliphatic rings. The molecule has 2 amide bonds. The predicted molar refractivity (Wildman–Crippen MR) is 150 cm³/mol. The number of piperazine rings is 1. The molecule has 0 saturated carbocycles. The van der Waals surface area contributed by atoms with Crippen LogP contribution in [0.3, 0.4) is 0 Å². The van der Waals surface area contributed by atoms with E-state index in [0.29, 0.717) is 25.2 Å². The molecule has 1 atom stereocenters. The number of amides is 2. The zero-order valence-corrected chi connectivity index (χ0v) is 22.5. The number of benzene rings is 3. The number of carbonyl (C=O) groups excluding carboxylic acids is 2. The van der Waals surface area contributed by atoms with Gasteiger partial charge < -0.3 is 10.2 Å². The van der Waals surface area contributed by atoms with E-state index in [1.54, 1.807) is 6.07 Å². The summed E-state index contributed by atoms with van der Waals surface area (Å²) in [6, 6.07) is 22.9. The van der Waals surface area contributed by atoms with E-state index >= 15 is 0 Å². The summed E-state index contributed by atoms with van der Waals surface area (Å²) in [4.78, 5) is 30.9. The molecular weight excluding hydrogens is 479 g/mol. The van der Waals surface area contributed by atoms with Crippen molar-refractivity contribution in [3.63, 3.8) is 0 Å². The van der Waals surface area contributed by atoms with Gasteiger partial charge >= 0.3 is 0 Å². The Labute approximate surface area is 225 Å². The third kappa shape index (κ3) is 6.65. The molecule has 1 heterocycles. The Kier molecular flexibility index (Phi) is 9.26. The molecular formula is C31H37FN4O2. The second-order valence-corrected chi connectivity index (χ2v) is 9.71. The average molecular weight is 517 g/mol. The normalized spacial score (nSPS) is 15.2. The highest BCUT2D eigenvalue weighted by atomic mass is 19.1. The van der Waals surface area contributed by atoms with E-state index in [2.05, 4.69) is 39.4 Å². The predicted octanol–water partition coefficient (Wildman–Crippen LogP) is 5.17. The van der Waals surface area contributed by atoms with Crippen LogP contribution in [0.4, 0.5) is 10.1 Å². The molecule has 3 aromatic rings. The average Bonchev–Trinajstić information content (AvgIpc) is 2.93. The minimum absolute atomic E-state index is 0.00500. The molecule has 0 bridgehead atoms. The largest absolute Gasteiger partial charge is 0.339 e. The maximum absolute atomic E-state index is 14.2. The first-order chi connectivity index (χ1) is 18.4. The van der Waals surface area contributed by atoms with Crippen LogP contribution < -0.4 is 5.32 Å². The number of nitrogens with zero attached hydrogens (tertiary/aromatic N) is 3. The monoisotopic (exact) mass is 516 g/mol. The lowest BCUT2D eigenvalue weighted by atomic mass is 9.95. The highest BCUT2D eigenvalue weighted by Gasteiger charge is 2.27. The first kappa shape index (κ1) is 27.5. The maximum atomic E-state index is 14.2. The fourth-order valence-corrected chi connectivity index (χ4v) is 5.11. The van der Waals surface area contributed by atoms with Crippen molar-refractivity contribution < 1.29 is 14.0 Å². The number of anilines is 1. The van der Waals surface area contributed by atoms with Crippen LogP contribution in [-0.2, 0) is 11.3 Å². The quantitative estimate of drug-likeness (QED) is 0.426. The molecule has 0 aliphatic carbocycles. The van der Waals surface area contributed by atoms with Crippen LogP contribution in [0.15, 0.2) is 72.8 Å². The van der Waals surface area contributed by atoms with E-state index < -0.39 is 0 Å². The van der Waals surface area contributed by atoms with Gasteiger partial charge in [-0.05, 0) is 55.3 Å². The van der Waals surface area contributed by atoms with E-state index in [9.17, 15) is 14.0 Å². The van der Waals surface area contributed by atoms with E-state index in [0.717, 1.165) is 48.6 Å². The standard InChI is InChI=1S/C31H37FN4O2/c1-4-35(5-2)31(38)26-12-10-24(11-13-26)30(25-14-16-28(17-15-25)33-23(3)37)36-20-18-34(19-21-36)22-27-8-6-7-9-29(27)32/h6-17,30H,4-5,18-22H2,1-3H3,(H,33,37)/t30-/m0/s1. The summed E-state index contributed by atoms with van der Waals surface area (Å²) in [6.45, 7) is 10.7. The van der Waals surface area contributed by atoms with Crippen LogP contribution in [0.2, 0.25) is 0 Å². The fourth-order valence-electron chi connectivity index (χ4n) is 5.11. The van der Waals surface area contributed by atoms with Crippen molar-refractivity contribution in [2.75, 3.05) is 44.6 Å². The van der Waals surface area contributed by atoms with E-state index in [1.807, 2.05) is 55.1 Å². The molecule has 0 unspecified atom stereocenters. The minimum Gasteiger partial charge on any atom is -0.339 e. The van der Waals surface area contributed by atoms with Crippen molar-refractivity contribution in [3.8, 4) is 0 Å². The number of halogens is 1. The summed E-state index contributed by atoms with van der Waals surface area (Å²) in [5.74, 6) is -0.223. The molecule has 38 heavy (non-hydrogen) atoms. The van der Waals surface area contributed by atoms with Gasteiger partial charge in [-0.25, -0.2) is 4.39 Å². The maximum Gasteiger partial charge on any atom is 0.253 e. The Morgan fingerprint density at radius 2 is 1.45 bits per heavy atom. The van der Waals surface area contributed by atoms with Gasteiger partial charge in [0, 0.05) is 69.6 Å². The zero-order chi connectivity index (χ0) is 27.1. The Balaban J connectivity index is 1.55. The molecule has 0 radical (unpaired) electrons. The van der Waals surface area contributed by atoms with Gasteiger partial charge in [0.2, 0.25) is 5.91 Å². The third-order valence-corrected chi connectivity index (χ3v) is 7.19. The van der Waals surface area contributed by atoms with Crippen molar-refractivity contribution in [2.24, 2.45) is 0 Å². The second-order valence-electron chi connectivity index (χ2n) is 9.71. The van der Waals surface area contributed by atoms with Gasteiger partial charge in [-0.3, -0.25) is 19.4 Å². The number of hydrogen-bond acceptors (Lipinski definition) is 4. The van der Waals surface area contributed by atoms with E-state index in [4.69, 9.17) is 0 Å². The molecule has 1 N–H and O–H groups in total. The highest BCUT2D eigenvalue weighted by molar-refractivity contribution is 5.94. The van der Waals surface area contributed by atoms with Gasteiger partial charge in [0.05, 0.1) is 6.04 Å². The molecule has 1 fully saturated rings. The first-order valence-electron chi connectivity index (χ1n) is 13.4. The fraction of sp³-hybridized carbons (Fsp3) is 0.355. The zero-order valence-electron chi connectivity index (χ0n) is 22.5. The summed E-state index contributed by atoms with van der Waals surface area (Å²) >= 11 is 0. The molecule has 4 rings (SSSR count). The first-order valence-corrected chi connectivity index (χ1v) is 13.4. The van der Waals surface area contributed by atoms with Gasteiger partial charge in [0.25, 0.3) is 5.91 Å². The van der Waals surface area contributed by atoms with Crippen LogP contribution >= 0.6 is 0 Å². The lowest BCUT2D eigenvalue weighted by Gasteiger charge is -2.40.